The molecule has 3 heterocycles. The smallest absolute Gasteiger partial charge is 0.256 e. The minimum Gasteiger partial charge on any atom is -0.491 e. The Hall–Kier alpha value is -2.87. The van der Waals surface area contributed by atoms with Crippen LogP contribution in [0.5, 0.6) is 5.75 Å². The van der Waals surface area contributed by atoms with Gasteiger partial charge in [-0.3, -0.25) is 9.59 Å². The summed E-state index contributed by atoms with van der Waals surface area (Å²) in [4.78, 5) is 31.1. The number of aromatic nitrogens is 1. The van der Waals surface area contributed by atoms with E-state index in [1.165, 1.54) is 5.56 Å². The minimum atomic E-state index is -1.01. The quantitative estimate of drug-likeness (QED) is 0.576. The van der Waals surface area contributed by atoms with E-state index in [4.69, 9.17) is 14.0 Å². The zero-order valence-electron chi connectivity index (χ0n) is 22.6. The number of morpholine rings is 1. The lowest BCUT2D eigenvalue weighted by Gasteiger charge is -2.44. The Morgan fingerprint density at radius 2 is 1.97 bits per heavy atom. The van der Waals surface area contributed by atoms with Crippen LogP contribution in [0.2, 0.25) is 0 Å². The molecule has 1 spiro atoms. The molecule has 37 heavy (non-hydrogen) atoms. The van der Waals surface area contributed by atoms with Gasteiger partial charge in [0.05, 0.1) is 25.4 Å². The van der Waals surface area contributed by atoms with E-state index >= 15 is 0 Å². The van der Waals surface area contributed by atoms with Gasteiger partial charge in [-0.25, -0.2) is 0 Å². The van der Waals surface area contributed by atoms with Crippen molar-refractivity contribution in [1.82, 2.24) is 15.0 Å². The number of para-hydroxylation sites is 1. The maximum atomic E-state index is 14.1. The van der Waals surface area contributed by atoms with Gasteiger partial charge < -0.3 is 23.8 Å². The van der Waals surface area contributed by atoms with Crippen molar-refractivity contribution < 1.29 is 23.6 Å². The second kappa shape index (κ2) is 12.6. The van der Waals surface area contributed by atoms with Gasteiger partial charge in [-0.2, -0.15) is 0 Å². The molecule has 1 aromatic carbocycles. The van der Waals surface area contributed by atoms with Crippen LogP contribution < -0.4 is 4.74 Å². The van der Waals surface area contributed by atoms with E-state index < -0.39 is 5.60 Å². The fourth-order valence-corrected chi connectivity index (χ4v) is 5.43. The van der Waals surface area contributed by atoms with Crippen molar-refractivity contribution in [3.05, 3.63) is 46.8 Å². The first-order chi connectivity index (χ1) is 17.9. The molecule has 0 saturated carbocycles. The molecule has 0 radical (unpaired) electrons. The lowest BCUT2D eigenvalue weighted by Crippen LogP contribution is -2.62. The number of hydrogen-bond donors (Lipinski definition) is 0. The van der Waals surface area contributed by atoms with Gasteiger partial charge in [0.1, 0.15) is 18.1 Å². The lowest BCUT2D eigenvalue weighted by atomic mass is 9.90. The molecule has 4 rings (SSSR count). The van der Waals surface area contributed by atoms with Crippen molar-refractivity contribution in [3.8, 4) is 5.75 Å². The van der Waals surface area contributed by atoms with Gasteiger partial charge in [0.15, 0.2) is 5.60 Å². The summed E-state index contributed by atoms with van der Waals surface area (Å²) in [6.45, 7) is 8.65. The number of fused-ring (bicyclic) bond motifs is 1. The van der Waals surface area contributed by atoms with Gasteiger partial charge in [0, 0.05) is 25.1 Å². The predicted octanol–water partition coefficient (Wildman–Crippen LogP) is 4.26. The summed E-state index contributed by atoms with van der Waals surface area (Å²) >= 11 is 0. The van der Waals surface area contributed by atoms with E-state index in [1.807, 2.05) is 41.8 Å². The summed E-state index contributed by atoms with van der Waals surface area (Å²) in [5.41, 5.74) is 2.01. The highest BCUT2D eigenvalue weighted by Crippen LogP contribution is 2.30. The van der Waals surface area contributed by atoms with Crippen molar-refractivity contribution in [2.24, 2.45) is 0 Å². The number of carbonyl (C=O) groups is 2. The highest BCUT2D eigenvalue weighted by Gasteiger charge is 2.46. The normalized spacial score (nSPS) is 21.2. The average molecular weight is 512 g/mol. The maximum Gasteiger partial charge on any atom is 0.256 e. The molecule has 1 unspecified atom stereocenters. The summed E-state index contributed by atoms with van der Waals surface area (Å²) in [6, 6.07) is 8.17. The molecule has 2 aliphatic heterocycles. The molecular formula is C29H41N3O5. The van der Waals surface area contributed by atoms with Crippen LogP contribution in [-0.4, -0.2) is 71.8 Å². The van der Waals surface area contributed by atoms with Gasteiger partial charge in [-0.15, -0.1) is 0 Å². The summed E-state index contributed by atoms with van der Waals surface area (Å²) in [7, 11) is 0. The minimum absolute atomic E-state index is 0.0124. The molecule has 202 valence electrons. The molecule has 0 N–H and O–H groups in total. The molecule has 8 nitrogen and oxygen atoms in total. The molecule has 8 heteroatoms. The fraction of sp³-hybridized carbons (Fsp3) is 0.621. The number of unbranched alkanes of at least 4 members (excludes halogenated alkanes) is 1. The summed E-state index contributed by atoms with van der Waals surface area (Å²) < 4.78 is 17.7. The van der Waals surface area contributed by atoms with Crippen LogP contribution in [0.3, 0.4) is 0 Å². The Morgan fingerprint density at radius 3 is 2.76 bits per heavy atom. The number of hydrogen-bond acceptors (Lipinski definition) is 6. The molecule has 1 fully saturated rings. The van der Waals surface area contributed by atoms with E-state index in [1.54, 1.807) is 0 Å². The van der Waals surface area contributed by atoms with Crippen molar-refractivity contribution >= 4 is 11.8 Å². The van der Waals surface area contributed by atoms with E-state index in [-0.39, 0.29) is 11.8 Å². The van der Waals surface area contributed by atoms with Crippen molar-refractivity contribution in [3.63, 3.8) is 0 Å². The Labute approximate surface area is 220 Å². The van der Waals surface area contributed by atoms with Gasteiger partial charge in [-0.1, -0.05) is 36.7 Å². The van der Waals surface area contributed by atoms with Crippen molar-refractivity contribution in [2.75, 3.05) is 39.4 Å². The van der Waals surface area contributed by atoms with E-state index in [2.05, 4.69) is 18.1 Å². The zero-order chi connectivity index (χ0) is 26.3. The monoisotopic (exact) mass is 511 g/mol. The first kappa shape index (κ1) is 27.2. The third kappa shape index (κ3) is 6.53. The molecular weight excluding hydrogens is 470 g/mol. The summed E-state index contributed by atoms with van der Waals surface area (Å²) in [5.74, 6) is 1.69. The molecule has 2 aromatic rings. The molecule has 1 atom stereocenters. The highest BCUT2D eigenvalue weighted by molar-refractivity contribution is 5.87. The number of aryl methyl sites for hydroxylation is 3. The standard InChI is InChI=1S/C29H41N3O5/c1-4-5-16-31-17-19-35-26-12-7-6-10-24(26)11-8-9-15-29(28(31)34)21-32(18-20-36-29)27(33)14-13-25-22(2)30-37-23(25)3/h6-7,10,12H,4-5,8-9,11,13-21H2,1-3H3. The zero-order valence-corrected chi connectivity index (χ0v) is 22.6. The molecule has 0 bridgehead atoms. The first-order valence-electron chi connectivity index (χ1n) is 13.8. The van der Waals surface area contributed by atoms with Gasteiger partial charge in [0.25, 0.3) is 5.91 Å². The van der Waals surface area contributed by atoms with Gasteiger partial charge in [-0.05, 0) is 64.0 Å². The fourth-order valence-electron chi connectivity index (χ4n) is 5.43. The molecule has 1 saturated heterocycles. The third-order valence-corrected chi connectivity index (χ3v) is 7.64. The largest absolute Gasteiger partial charge is 0.491 e. The van der Waals surface area contributed by atoms with Crippen molar-refractivity contribution in [2.45, 2.75) is 77.7 Å². The Bertz CT molecular complexity index is 1050. The van der Waals surface area contributed by atoms with Crippen LogP contribution >= 0.6 is 0 Å². The molecule has 2 aliphatic rings. The van der Waals surface area contributed by atoms with E-state index in [9.17, 15) is 9.59 Å². The second-order valence-corrected chi connectivity index (χ2v) is 10.3. The topological polar surface area (TPSA) is 85.1 Å². The summed E-state index contributed by atoms with van der Waals surface area (Å²) in [6.07, 6.45) is 6.10. The predicted molar refractivity (Wildman–Crippen MR) is 141 cm³/mol. The van der Waals surface area contributed by atoms with Crippen LogP contribution in [0.15, 0.2) is 28.8 Å². The average Bonchev–Trinajstić information content (AvgIpc) is 3.23. The molecule has 2 amide bonds. The Morgan fingerprint density at radius 1 is 1.14 bits per heavy atom. The molecule has 0 aliphatic carbocycles. The number of rotatable bonds is 6. The number of ether oxygens (including phenoxy) is 2. The van der Waals surface area contributed by atoms with Crippen LogP contribution in [0, 0.1) is 13.8 Å². The van der Waals surface area contributed by atoms with Crippen LogP contribution in [-0.2, 0) is 27.2 Å². The first-order valence-corrected chi connectivity index (χ1v) is 13.8. The van der Waals surface area contributed by atoms with Crippen LogP contribution in [0.25, 0.3) is 0 Å². The Balaban J connectivity index is 1.51. The van der Waals surface area contributed by atoms with Crippen LogP contribution in [0.1, 0.15) is 68.0 Å². The third-order valence-electron chi connectivity index (χ3n) is 7.64. The van der Waals surface area contributed by atoms with E-state index in [0.717, 1.165) is 54.9 Å². The number of benzene rings is 1. The van der Waals surface area contributed by atoms with Gasteiger partial charge >= 0.3 is 0 Å². The number of carbonyl (C=O) groups excluding carboxylic acids is 2. The van der Waals surface area contributed by atoms with Crippen LogP contribution in [0.4, 0.5) is 0 Å². The maximum absolute atomic E-state index is 14.1. The van der Waals surface area contributed by atoms with Gasteiger partial charge in [0.2, 0.25) is 5.91 Å². The Kier molecular flexibility index (Phi) is 9.24. The SMILES string of the molecule is CCCCN1CCOc2ccccc2CCCCC2(CN(C(=O)CCc3c(C)noc3C)CCO2)C1=O. The molecule has 1 aromatic heterocycles. The number of amides is 2. The summed E-state index contributed by atoms with van der Waals surface area (Å²) in [5, 5.41) is 4.00. The highest BCUT2D eigenvalue weighted by atomic mass is 16.5. The second-order valence-electron chi connectivity index (χ2n) is 10.3. The van der Waals surface area contributed by atoms with Crippen molar-refractivity contribution in [1.29, 1.82) is 0 Å². The lowest BCUT2D eigenvalue weighted by molar-refractivity contribution is -0.176. The number of nitrogens with zero attached hydrogens (tertiary/aromatic N) is 3. The van der Waals surface area contributed by atoms with E-state index in [0.29, 0.717) is 58.7 Å².